The molecule has 0 spiro atoms. The molecular weight excluding hydrogens is 414 g/mol. The monoisotopic (exact) mass is 433 g/mol. The molecule has 1 aliphatic heterocycles. The lowest BCUT2D eigenvalue weighted by atomic mass is 10.3. The van der Waals surface area contributed by atoms with Crippen LogP contribution >= 0.6 is 11.6 Å². The number of carbonyl (C=O) groups is 2. The van der Waals surface area contributed by atoms with Crippen molar-refractivity contribution in [3.63, 3.8) is 0 Å². The standard InChI is InChI=1S/C19H20ClN5O5/c20-14-1-4-16(5-2-14)30-13-18(26)22-12-19(27)24-9-7-23(8-10-24)17-6-3-15(11-21-17)25(28)29/h1-6,11H,7-10,12-13H2,(H,22,26). The minimum absolute atomic E-state index is 0.0663. The summed E-state index contributed by atoms with van der Waals surface area (Å²) >= 11 is 5.79. The maximum atomic E-state index is 12.3. The predicted molar refractivity (Wildman–Crippen MR) is 110 cm³/mol. The third-order valence-corrected chi connectivity index (χ3v) is 4.77. The summed E-state index contributed by atoms with van der Waals surface area (Å²) < 4.78 is 5.34. The molecule has 10 nitrogen and oxygen atoms in total. The van der Waals surface area contributed by atoms with Crippen molar-refractivity contribution in [3.05, 3.63) is 57.7 Å². The summed E-state index contributed by atoms with van der Waals surface area (Å²) in [5.74, 6) is 0.551. The van der Waals surface area contributed by atoms with Gasteiger partial charge in [0.1, 0.15) is 17.8 Å². The van der Waals surface area contributed by atoms with E-state index in [0.717, 1.165) is 0 Å². The van der Waals surface area contributed by atoms with Gasteiger partial charge in [0.25, 0.3) is 11.6 Å². The number of carbonyl (C=O) groups excluding carboxylic acids is 2. The maximum Gasteiger partial charge on any atom is 0.287 e. The van der Waals surface area contributed by atoms with Crippen molar-refractivity contribution in [2.24, 2.45) is 0 Å². The summed E-state index contributed by atoms with van der Waals surface area (Å²) in [6.45, 7) is 1.71. The molecule has 1 aromatic carbocycles. The minimum Gasteiger partial charge on any atom is -0.484 e. The Morgan fingerprint density at radius 3 is 2.43 bits per heavy atom. The quantitative estimate of drug-likeness (QED) is 0.519. The minimum atomic E-state index is -0.498. The van der Waals surface area contributed by atoms with Gasteiger partial charge < -0.3 is 19.9 Å². The van der Waals surface area contributed by atoms with Crippen LogP contribution in [0.2, 0.25) is 5.02 Å². The molecule has 0 aliphatic carbocycles. The summed E-state index contributed by atoms with van der Waals surface area (Å²) in [7, 11) is 0. The summed E-state index contributed by atoms with van der Waals surface area (Å²) in [6, 6.07) is 9.62. The van der Waals surface area contributed by atoms with Crippen LogP contribution < -0.4 is 15.0 Å². The molecule has 0 bridgehead atoms. The van der Waals surface area contributed by atoms with Crippen LogP contribution in [0.3, 0.4) is 0 Å². The molecule has 1 fully saturated rings. The molecule has 0 atom stereocenters. The number of halogens is 1. The molecule has 2 heterocycles. The second kappa shape index (κ2) is 9.88. The SMILES string of the molecule is O=C(COc1ccc(Cl)cc1)NCC(=O)N1CCN(c2ccc([N+](=O)[O-])cn2)CC1. The van der Waals surface area contributed by atoms with E-state index in [4.69, 9.17) is 16.3 Å². The van der Waals surface area contributed by atoms with Gasteiger partial charge in [-0.25, -0.2) is 4.98 Å². The Labute approximate surface area is 177 Å². The second-order valence-electron chi connectivity index (χ2n) is 6.52. The van der Waals surface area contributed by atoms with E-state index < -0.39 is 10.8 Å². The van der Waals surface area contributed by atoms with Crippen LogP contribution in [-0.2, 0) is 9.59 Å². The summed E-state index contributed by atoms with van der Waals surface area (Å²) in [4.78, 5) is 42.1. The van der Waals surface area contributed by atoms with E-state index in [1.165, 1.54) is 12.3 Å². The Morgan fingerprint density at radius 1 is 1.13 bits per heavy atom. The number of pyridine rings is 1. The van der Waals surface area contributed by atoms with Gasteiger partial charge in [-0.3, -0.25) is 19.7 Å². The smallest absolute Gasteiger partial charge is 0.287 e. The van der Waals surface area contributed by atoms with E-state index >= 15 is 0 Å². The molecule has 0 unspecified atom stereocenters. The maximum absolute atomic E-state index is 12.3. The topological polar surface area (TPSA) is 118 Å². The molecule has 1 N–H and O–H groups in total. The average Bonchev–Trinajstić information content (AvgIpc) is 2.77. The molecule has 0 radical (unpaired) electrons. The number of hydrogen-bond acceptors (Lipinski definition) is 7. The lowest BCUT2D eigenvalue weighted by Gasteiger charge is -2.35. The van der Waals surface area contributed by atoms with Gasteiger partial charge in [0.2, 0.25) is 5.91 Å². The normalized spacial score (nSPS) is 13.6. The number of amides is 2. The van der Waals surface area contributed by atoms with Crippen LogP contribution in [0, 0.1) is 10.1 Å². The predicted octanol–water partition coefficient (Wildman–Crippen LogP) is 1.49. The Balaban J connectivity index is 1.39. The fourth-order valence-corrected chi connectivity index (χ4v) is 3.00. The molecular formula is C19H20ClN5O5. The van der Waals surface area contributed by atoms with Gasteiger partial charge in [-0.05, 0) is 30.3 Å². The highest BCUT2D eigenvalue weighted by Gasteiger charge is 2.22. The fourth-order valence-electron chi connectivity index (χ4n) is 2.87. The van der Waals surface area contributed by atoms with Crippen molar-refractivity contribution >= 4 is 34.9 Å². The van der Waals surface area contributed by atoms with Gasteiger partial charge in [0, 0.05) is 37.3 Å². The van der Waals surface area contributed by atoms with Crippen LogP contribution in [0.4, 0.5) is 11.5 Å². The van der Waals surface area contributed by atoms with Gasteiger partial charge in [-0.15, -0.1) is 0 Å². The number of hydrogen-bond donors (Lipinski definition) is 1. The largest absolute Gasteiger partial charge is 0.484 e. The Morgan fingerprint density at radius 2 is 1.83 bits per heavy atom. The first-order chi connectivity index (χ1) is 14.4. The van der Waals surface area contributed by atoms with E-state index in [9.17, 15) is 19.7 Å². The van der Waals surface area contributed by atoms with Crippen LogP contribution in [0.15, 0.2) is 42.6 Å². The van der Waals surface area contributed by atoms with Crippen molar-refractivity contribution < 1.29 is 19.2 Å². The zero-order valence-corrected chi connectivity index (χ0v) is 16.7. The third-order valence-electron chi connectivity index (χ3n) is 4.52. The number of aromatic nitrogens is 1. The van der Waals surface area contributed by atoms with Gasteiger partial charge >= 0.3 is 0 Å². The zero-order valence-electron chi connectivity index (χ0n) is 16.0. The average molecular weight is 434 g/mol. The van der Waals surface area contributed by atoms with Gasteiger partial charge in [-0.1, -0.05) is 11.6 Å². The molecule has 2 aromatic rings. The lowest BCUT2D eigenvalue weighted by molar-refractivity contribution is -0.385. The lowest BCUT2D eigenvalue weighted by Crippen LogP contribution is -2.51. The number of rotatable bonds is 7. The molecule has 1 saturated heterocycles. The van der Waals surface area contributed by atoms with Crippen LogP contribution in [-0.4, -0.2) is 66.0 Å². The Bertz CT molecular complexity index is 899. The summed E-state index contributed by atoms with van der Waals surface area (Å²) in [5, 5.41) is 13.8. The number of nitro groups is 1. The van der Waals surface area contributed by atoms with Crippen molar-refractivity contribution in [2.75, 3.05) is 44.2 Å². The number of nitrogens with one attached hydrogen (secondary N) is 1. The highest BCUT2D eigenvalue weighted by molar-refractivity contribution is 6.30. The van der Waals surface area contributed by atoms with Gasteiger partial charge in [0.15, 0.2) is 6.61 Å². The van der Waals surface area contributed by atoms with Crippen LogP contribution in [0.1, 0.15) is 0 Å². The van der Waals surface area contributed by atoms with Crippen LogP contribution in [0.25, 0.3) is 0 Å². The summed E-state index contributed by atoms with van der Waals surface area (Å²) in [6.07, 6.45) is 1.22. The molecule has 3 rings (SSSR count). The van der Waals surface area contributed by atoms with E-state index in [1.54, 1.807) is 35.2 Å². The number of ether oxygens (including phenoxy) is 1. The molecule has 30 heavy (non-hydrogen) atoms. The van der Waals surface area contributed by atoms with E-state index in [-0.39, 0.29) is 24.7 Å². The fraction of sp³-hybridized carbons (Fsp3) is 0.316. The van der Waals surface area contributed by atoms with E-state index in [2.05, 4.69) is 10.3 Å². The van der Waals surface area contributed by atoms with Crippen molar-refractivity contribution in [3.8, 4) is 5.75 Å². The van der Waals surface area contributed by atoms with E-state index in [1.807, 2.05) is 4.90 Å². The first-order valence-electron chi connectivity index (χ1n) is 9.20. The summed E-state index contributed by atoms with van der Waals surface area (Å²) in [5.41, 5.74) is -0.0663. The van der Waals surface area contributed by atoms with Crippen molar-refractivity contribution in [2.45, 2.75) is 0 Å². The molecule has 158 valence electrons. The molecule has 1 aliphatic rings. The van der Waals surface area contributed by atoms with Crippen LogP contribution in [0.5, 0.6) is 5.75 Å². The van der Waals surface area contributed by atoms with Gasteiger partial charge in [-0.2, -0.15) is 0 Å². The number of anilines is 1. The van der Waals surface area contributed by atoms with Crippen molar-refractivity contribution in [1.82, 2.24) is 15.2 Å². The number of benzene rings is 1. The van der Waals surface area contributed by atoms with E-state index in [0.29, 0.717) is 42.8 Å². The second-order valence-corrected chi connectivity index (χ2v) is 6.96. The highest BCUT2D eigenvalue weighted by Crippen LogP contribution is 2.17. The third kappa shape index (κ3) is 5.80. The zero-order chi connectivity index (χ0) is 21.5. The highest BCUT2D eigenvalue weighted by atomic mass is 35.5. The molecule has 11 heteroatoms. The Kier molecular flexibility index (Phi) is 7.02. The number of nitrogens with zero attached hydrogens (tertiary/aromatic N) is 4. The first kappa shape index (κ1) is 21.3. The molecule has 2 amide bonds. The number of piperazine rings is 1. The molecule has 0 saturated carbocycles. The van der Waals surface area contributed by atoms with Gasteiger partial charge in [0.05, 0.1) is 11.5 Å². The Hall–Kier alpha value is -3.40. The molecule has 1 aromatic heterocycles. The van der Waals surface area contributed by atoms with Crippen molar-refractivity contribution in [1.29, 1.82) is 0 Å². The first-order valence-corrected chi connectivity index (χ1v) is 9.58.